The van der Waals surface area contributed by atoms with Gasteiger partial charge in [-0.15, -0.1) is 0 Å². The SMILES string of the molecule is CC(C)C(C)(O)CNC(=O)C1CC1c1c(F)cccc1F. The third-order valence-corrected chi connectivity index (χ3v) is 4.36. The zero-order valence-electron chi connectivity index (χ0n) is 12.5. The van der Waals surface area contributed by atoms with Crippen molar-refractivity contribution in [3.05, 3.63) is 35.4 Å². The summed E-state index contributed by atoms with van der Waals surface area (Å²) < 4.78 is 27.3. The lowest BCUT2D eigenvalue weighted by Crippen LogP contribution is -2.44. The molecule has 1 amide bonds. The predicted molar refractivity (Wildman–Crippen MR) is 75.7 cm³/mol. The fourth-order valence-corrected chi connectivity index (χ4v) is 2.27. The number of aliphatic hydroxyl groups is 1. The Morgan fingerprint density at radius 2 is 2.00 bits per heavy atom. The topological polar surface area (TPSA) is 49.3 Å². The van der Waals surface area contributed by atoms with E-state index in [0.29, 0.717) is 6.42 Å². The van der Waals surface area contributed by atoms with Gasteiger partial charge >= 0.3 is 0 Å². The number of carbonyl (C=O) groups is 1. The Hall–Kier alpha value is -1.49. The van der Waals surface area contributed by atoms with Crippen LogP contribution in [0.4, 0.5) is 8.78 Å². The molecule has 3 nitrogen and oxygen atoms in total. The largest absolute Gasteiger partial charge is 0.388 e. The molecule has 2 N–H and O–H groups in total. The number of nitrogens with one attached hydrogen (secondary N) is 1. The fourth-order valence-electron chi connectivity index (χ4n) is 2.27. The molecule has 0 aromatic heterocycles. The second kappa shape index (κ2) is 5.72. The quantitative estimate of drug-likeness (QED) is 0.877. The highest BCUT2D eigenvalue weighted by Crippen LogP contribution is 2.49. The fraction of sp³-hybridized carbons (Fsp3) is 0.562. The highest BCUT2D eigenvalue weighted by Gasteiger charge is 2.46. The number of amides is 1. The minimum absolute atomic E-state index is 0.00295. The molecule has 1 aliphatic carbocycles. The molecule has 0 bridgehead atoms. The highest BCUT2D eigenvalue weighted by molar-refractivity contribution is 5.83. The summed E-state index contributed by atoms with van der Waals surface area (Å²) in [6.07, 6.45) is 0.438. The van der Waals surface area contributed by atoms with Gasteiger partial charge in [0.1, 0.15) is 11.6 Å². The van der Waals surface area contributed by atoms with E-state index >= 15 is 0 Å². The molecule has 0 saturated heterocycles. The summed E-state index contributed by atoms with van der Waals surface area (Å²) in [7, 11) is 0. The van der Waals surface area contributed by atoms with Crippen molar-refractivity contribution in [2.45, 2.75) is 38.7 Å². The molecule has 116 valence electrons. The van der Waals surface area contributed by atoms with E-state index in [1.807, 2.05) is 13.8 Å². The van der Waals surface area contributed by atoms with Crippen LogP contribution < -0.4 is 5.32 Å². The number of halogens is 2. The molecule has 5 heteroatoms. The summed E-state index contributed by atoms with van der Waals surface area (Å²) >= 11 is 0. The van der Waals surface area contributed by atoms with E-state index in [4.69, 9.17) is 0 Å². The lowest BCUT2D eigenvalue weighted by molar-refractivity contribution is -0.124. The van der Waals surface area contributed by atoms with Crippen LogP contribution in [0.15, 0.2) is 18.2 Å². The van der Waals surface area contributed by atoms with Gasteiger partial charge in [-0.2, -0.15) is 0 Å². The van der Waals surface area contributed by atoms with Crippen molar-refractivity contribution in [2.75, 3.05) is 6.54 Å². The van der Waals surface area contributed by atoms with Gasteiger partial charge in [0, 0.05) is 23.9 Å². The molecular weight excluding hydrogens is 276 g/mol. The number of hydrogen-bond donors (Lipinski definition) is 2. The maximum Gasteiger partial charge on any atom is 0.223 e. The summed E-state index contributed by atoms with van der Waals surface area (Å²) in [4.78, 5) is 12.0. The van der Waals surface area contributed by atoms with Gasteiger partial charge in [0.25, 0.3) is 0 Å². The molecule has 1 aromatic carbocycles. The van der Waals surface area contributed by atoms with E-state index in [0.717, 1.165) is 0 Å². The molecule has 0 radical (unpaired) electrons. The van der Waals surface area contributed by atoms with Gasteiger partial charge in [-0.3, -0.25) is 4.79 Å². The lowest BCUT2D eigenvalue weighted by atomic mass is 9.92. The molecule has 2 rings (SSSR count). The minimum Gasteiger partial charge on any atom is -0.388 e. The van der Waals surface area contributed by atoms with Gasteiger partial charge in [0.05, 0.1) is 5.60 Å². The van der Waals surface area contributed by atoms with Gasteiger partial charge in [0.15, 0.2) is 0 Å². The predicted octanol–water partition coefficient (Wildman–Crippen LogP) is 2.59. The van der Waals surface area contributed by atoms with Crippen LogP contribution in [-0.4, -0.2) is 23.2 Å². The Labute approximate surface area is 123 Å². The standard InChI is InChI=1S/C16H21F2NO2/c1-9(2)16(3,21)8-19-15(20)11-7-10(11)14-12(17)5-4-6-13(14)18/h4-6,9-11,21H,7-8H2,1-3H3,(H,19,20). The number of benzene rings is 1. The van der Waals surface area contributed by atoms with Crippen LogP contribution >= 0.6 is 0 Å². The summed E-state index contributed by atoms with van der Waals surface area (Å²) in [5.74, 6) is -2.30. The Kier molecular flexibility index (Phi) is 4.33. The molecule has 1 fully saturated rings. The average Bonchev–Trinajstić information content (AvgIpc) is 3.16. The van der Waals surface area contributed by atoms with Gasteiger partial charge in [0.2, 0.25) is 5.91 Å². The molecule has 0 aliphatic heterocycles. The van der Waals surface area contributed by atoms with Crippen LogP contribution in [0.25, 0.3) is 0 Å². The molecule has 1 aromatic rings. The van der Waals surface area contributed by atoms with E-state index in [-0.39, 0.29) is 23.9 Å². The zero-order chi connectivity index (χ0) is 15.8. The molecule has 1 saturated carbocycles. The monoisotopic (exact) mass is 297 g/mol. The van der Waals surface area contributed by atoms with E-state index in [1.165, 1.54) is 18.2 Å². The van der Waals surface area contributed by atoms with Crippen molar-refractivity contribution >= 4 is 5.91 Å². The van der Waals surface area contributed by atoms with Crippen LogP contribution in [0.2, 0.25) is 0 Å². The maximum atomic E-state index is 13.6. The van der Waals surface area contributed by atoms with Crippen LogP contribution in [0.1, 0.15) is 38.7 Å². The highest BCUT2D eigenvalue weighted by atomic mass is 19.1. The maximum absolute atomic E-state index is 13.6. The number of hydrogen-bond acceptors (Lipinski definition) is 2. The third-order valence-electron chi connectivity index (χ3n) is 4.36. The zero-order valence-corrected chi connectivity index (χ0v) is 12.5. The van der Waals surface area contributed by atoms with Crippen molar-refractivity contribution in [1.82, 2.24) is 5.32 Å². The minimum atomic E-state index is -0.997. The van der Waals surface area contributed by atoms with Gasteiger partial charge in [-0.25, -0.2) is 8.78 Å². The molecule has 1 aliphatic rings. The van der Waals surface area contributed by atoms with Crippen molar-refractivity contribution in [2.24, 2.45) is 11.8 Å². The first-order valence-corrected chi connectivity index (χ1v) is 7.18. The van der Waals surface area contributed by atoms with Crippen LogP contribution in [-0.2, 0) is 4.79 Å². The van der Waals surface area contributed by atoms with E-state index < -0.39 is 29.1 Å². The Morgan fingerprint density at radius 3 is 2.52 bits per heavy atom. The Balaban J connectivity index is 1.96. The lowest BCUT2D eigenvalue weighted by Gasteiger charge is -2.27. The van der Waals surface area contributed by atoms with Crippen molar-refractivity contribution in [3.8, 4) is 0 Å². The molecule has 3 atom stereocenters. The summed E-state index contributed by atoms with van der Waals surface area (Å²) in [6, 6.07) is 3.72. The first kappa shape index (κ1) is 15.9. The summed E-state index contributed by atoms with van der Waals surface area (Å²) in [5, 5.41) is 12.8. The molecule has 21 heavy (non-hydrogen) atoms. The number of carbonyl (C=O) groups excluding carboxylic acids is 1. The first-order valence-electron chi connectivity index (χ1n) is 7.18. The van der Waals surface area contributed by atoms with E-state index in [1.54, 1.807) is 6.92 Å². The normalized spacial score (nSPS) is 23.8. The van der Waals surface area contributed by atoms with Crippen molar-refractivity contribution in [3.63, 3.8) is 0 Å². The van der Waals surface area contributed by atoms with Crippen LogP contribution in [0.3, 0.4) is 0 Å². The van der Waals surface area contributed by atoms with Crippen molar-refractivity contribution < 1.29 is 18.7 Å². The second-order valence-corrected chi connectivity index (χ2v) is 6.31. The van der Waals surface area contributed by atoms with Gasteiger partial charge < -0.3 is 10.4 Å². The molecule has 0 heterocycles. The Morgan fingerprint density at radius 1 is 1.43 bits per heavy atom. The average molecular weight is 297 g/mol. The first-order chi connectivity index (χ1) is 9.74. The molecule has 3 unspecified atom stereocenters. The third kappa shape index (κ3) is 3.40. The Bertz CT molecular complexity index is 523. The van der Waals surface area contributed by atoms with Gasteiger partial charge in [-0.05, 0) is 31.4 Å². The van der Waals surface area contributed by atoms with Crippen molar-refractivity contribution in [1.29, 1.82) is 0 Å². The summed E-state index contributed by atoms with van der Waals surface area (Å²) in [5.41, 5.74) is -1.00. The summed E-state index contributed by atoms with van der Waals surface area (Å²) in [6.45, 7) is 5.51. The second-order valence-electron chi connectivity index (χ2n) is 6.31. The van der Waals surface area contributed by atoms with Crippen LogP contribution in [0, 0.1) is 23.5 Å². The number of rotatable bonds is 5. The smallest absolute Gasteiger partial charge is 0.223 e. The molecule has 0 spiro atoms. The van der Waals surface area contributed by atoms with E-state index in [9.17, 15) is 18.7 Å². The van der Waals surface area contributed by atoms with E-state index in [2.05, 4.69) is 5.32 Å². The van der Waals surface area contributed by atoms with Crippen LogP contribution in [0.5, 0.6) is 0 Å². The van der Waals surface area contributed by atoms with Gasteiger partial charge in [-0.1, -0.05) is 19.9 Å². The molecular formula is C16H21F2NO2.